The van der Waals surface area contributed by atoms with Crippen molar-refractivity contribution in [3.63, 3.8) is 0 Å². The van der Waals surface area contributed by atoms with Crippen LogP contribution in [0.25, 0.3) is 0 Å². The summed E-state index contributed by atoms with van der Waals surface area (Å²) in [5, 5.41) is 7.33. The molecule has 2 heterocycles. The van der Waals surface area contributed by atoms with Gasteiger partial charge in [-0.25, -0.2) is 0 Å². The minimum Gasteiger partial charge on any atom is -0.368 e. The van der Waals surface area contributed by atoms with Crippen molar-refractivity contribution in [2.45, 2.75) is 25.8 Å². The van der Waals surface area contributed by atoms with Crippen LogP contribution in [0.3, 0.4) is 0 Å². The molecule has 0 bridgehead atoms. The van der Waals surface area contributed by atoms with Gasteiger partial charge in [-0.2, -0.15) is 5.10 Å². The Balaban J connectivity index is 2.23. The molecule has 1 atom stereocenters. The average Bonchev–Trinajstić information content (AvgIpc) is 2.76. The lowest BCUT2D eigenvalue weighted by Gasteiger charge is -2.33. The lowest BCUT2D eigenvalue weighted by atomic mass is 10.0. The van der Waals surface area contributed by atoms with Crippen LogP contribution in [-0.2, 0) is 11.8 Å². The van der Waals surface area contributed by atoms with E-state index in [2.05, 4.69) is 10.4 Å². The van der Waals surface area contributed by atoms with Crippen molar-refractivity contribution in [3.05, 3.63) is 17.5 Å². The van der Waals surface area contributed by atoms with E-state index in [0.29, 0.717) is 12.1 Å². The molecule has 1 aliphatic rings. The molecule has 7 heteroatoms. The topological polar surface area (TPSA) is 93.2 Å². The van der Waals surface area contributed by atoms with Gasteiger partial charge in [0.05, 0.1) is 18.3 Å². The highest BCUT2D eigenvalue weighted by Gasteiger charge is 2.29. The molecule has 1 aromatic rings. The molecule has 2 rings (SSSR count). The van der Waals surface area contributed by atoms with E-state index in [-0.39, 0.29) is 18.5 Å². The van der Waals surface area contributed by atoms with Gasteiger partial charge in [0, 0.05) is 25.3 Å². The van der Waals surface area contributed by atoms with Gasteiger partial charge in [0.2, 0.25) is 5.91 Å². The van der Waals surface area contributed by atoms with E-state index in [0.717, 1.165) is 25.1 Å². The Morgan fingerprint density at radius 3 is 2.85 bits per heavy atom. The predicted octanol–water partition coefficient (Wildman–Crippen LogP) is -0.592. The molecule has 0 saturated carbocycles. The Hall–Kier alpha value is -1.89. The first-order valence-electron chi connectivity index (χ1n) is 6.79. The maximum Gasteiger partial charge on any atom is 0.258 e. The van der Waals surface area contributed by atoms with Crippen LogP contribution in [0, 0.1) is 6.92 Å². The summed E-state index contributed by atoms with van der Waals surface area (Å²) < 4.78 is 1.65. The monoisotopic (exact) mass is 279 g/mol. The molecular weight excluding hydrogens is 258 g/mol. The third-order valence-electron chi connectivity index (χ3n) is 3.76. The molecule has 0 spiro atoms. The van der Waals surface area contributed by atoms with E-state index in [9.17, 15) is 9.59 Å². The number of hydrogen-bond acceptors (Lipinski definition) is 4. The van der Waals surface area contributed by atoms with Crippen LogP contribution in [0.15, 0.2) is 6.20 Å². The lowest BCUT2D eigenvalue weighted by molar-refractivity contribution is -0.119. The van der Waals surface area contributed by atoms with Crippen LogP contribution in [0.5, 0.6) is 0 Å². The second-order valence-corrected chi connectivity index (χ2v) is 5.17. The smallest absolute Gasteiger partial charge is 0.258 e. The molecule has 3 N–H and O–H groups in total. The molecule has 7 nitrogen and oxygen atoms in total. The van der Waals surface area contributed by atoms with Crippen molar-refractivity contribution in [2.75, 3.05) is 19.6 Å². The summed E-state index contributed by atoms with van der Waals surface area (Å²) in [5.74, 6) is -0.673. The molecule has 0 aliphatic carbocycles. The van der Waals surface area contributed by atoms with Gasteiger partial charge in [-0.05, 0) is 26.3 Å². The Labute approximate surface area is 118 Å². The van der Waals surface area contributed by atoms with Crippen molar-refractivity contribution >= 4 is 11.8 Å². The first kappa shape index (κ1) is 14.5. The number of carbonyl (C=O) groups excluding carboxylic acids is 2. The number of carbonyl (C=O) groups is 2. The van der Waals surface area contributed by atoms with Gasteiger partial charge in [-0.1, -0.05) is 0 Å². The van der Waals surface area contributed by atoms with Gasteiger partial charge in [-0.15, -0.1) is 0 Å². The van der Waals surface area contributed by atoms with Crippen LogP contribution in [-0.4, -0.2) is 52.2 Å². The first-order chi connectivity index (χ1) is 9.50. The summed E-state index contributed by atoms with van der Waals surface area (Å²) in [5.41, 5.74) is 6.60. The number of hydrogen-bond donors (Lipinski definition) is 2. The van der Waals surface area contributed by atoms with Crippen LogP contribution >= 0.6 is 0 Å². The summed E-state index contributed by atoms with van der Waals surface area (Å²) in [4.78, 5) is 25.5. The zero-order chi connectivity index (χ0) is 14.7. The van der Waals surface area contributed by atoms with Crippen LogP contribution in [0.4, 0.5) is 0 Å². The van der Waals surface area contributed by atoms with Gasteiger partial charge < -0.3 is 16.0 Å². The molecule has 1 saturated heterocycles. The van der Waals surface area contributed by atoms with Crippen LogP contribution < -0.4 is 11.1 Å². The summed E-state index contributed by atoms with van der Waals surface area (Å²) in [6.45, 7) is 3.42. The van der Waals surface area contributed by atoms with Gasteiger partial charge in [-0.3, -0.25) is 14.3 Å². The van der Waals surface area contributed by atoms with Crippen molar-refractivity contribution in [1.29, 1.82) is 0 Å². The fraction of sp³-hybridized carbons (Fsp3) is 0.615. The lowest BCUT2D eigenvalue weighted by Crippen LogP contribution is -2.51. The number of primary amides is 1. The molecule has 1 aromatic heterocycles. The zero-order valence-electron chi connectivity index (χ0n) is 11.9. The highest BCUT2D eigenvalue weighted by atomic mass is 16.2. The maximum absolute atomic E-state index is 12.7. The van der Waals surface area contributed by atoms with Crippen molar-refractivity contribution in [3.8, 4) is 0 Å². The zero-order valence-corrected chi connectivity index (χ0v) is 11.9. The number of nitrogens with zero attached hydrogens (tertiary/aromatic N) is 3. The van der Waals surface area contributed by atoms with E-state index in [4.69, 9.17) is 5.73 Å². The largest absolute Gasteiger partial charge is 0.368 e. The van der Waals surface area contributed by atoms with E-state index < -0.39 is 5.91 Å². The van der Waals surface area contributed by atoms with Gasteiger partial charge in [0.15, 0.2) is 0 Å². The average molecular weight is 279 g/mol. The third kappa shape index (κ3) is 2.98. The second kappa shape index (κ2) is 6.04. The van der Waals surface area contributed by atoms with E-state index in [1.54, 1.807) is 22.8 Å². The molecule has 0 aromatic carbocycles. The Bertz CT molecular complexity index is 505. The van der Waals surface area contributed by atoms with Gasteiger partial charge in [0.25, 0.3) is 5.91 Å². The molecule has 2 amide bonds. The van der Waals surface area contributed by atoms with Crippen LogP contribution in [0.1, 0.15) is 28.9 Å². The number of aromatic nitrogens is 2. The minimum atomic E-state index is -0.495. The summed E-state index contributed by atoms with van der Waals surface area (Å²) in [6, 6.07) is 0.00311. The molecule has 0 radical (unpaired) electrons. The fourth-order valence-corrected chi connectivity index (χ4v) is 2.50. The number of nitrogens with one attached hydrogen (secondary N) is 1. The third-order valence-corrected chi connectivity index (χ3v) is 3.76. The first-order valence-corrected chi connectivity index (χ1v) is 6.79. The molecule has 1 fully saturated rings. The SMILES string of the molecule is Cc1c(C(=O)N(CC(N)=O)C2CCCNC2)cnn1C. The van der Waals surface area contributed by atoms with E-state index in [1.807, 2.05) is 6.92 Å². The highest BCUT2D eigenvalue weighted by Crippen LogP contribution is 2.16. The standard InChI is InChI=1S/C13H21N5O2/c1-9-11(7-16-17(9)2)13(20)18(8-12(14)19)10-4-3-5-15-6-10/h7,10,15H,3-6,8H2,1-2H3,(H2,14,19). The summed E-state index contributed by atoms with van der Waals surface area (Å²) in [7, 11) is 1.78. The summed E-state index contributed by atoms with van der Waals surface area (Å²) >= 11 is 0. The number of aryl methyl sites for hydroxylation is 1. The van der Waals surface area contributed by atoms with Gasteiger partial charge >= 0.3 is 0 Å². The number of rotatable bonds is 4. The van der Waals surface area contributed by atoms with Crippen LogP contribution in [0.2, 0.25) is 0 Å². The van der Waals surface area contributed by atoms with Crippen molar-refractivity contribution in [1.82, 2.24) is 20.0 Å². The molecule has 1 aliphatic heterocycles. The molecule has 20 heavy (non-hydrogen) atoms. The molecular formula is C13H21N5O2. The molecule has 110 valence electrons. The van der Waals surface area contributed by atoms with Gasteiger partial charge in [0.1, 0.15) is 0 Å². The Morgan fingerprint density at radius 1 is 1.60 bits per heavy atom. The second-order valence-electron chi connectivity index (χ2n) is 5.17. The number of amides is 2. The fourth-order valence-electron chi connectivity index (χ4n) is 2.50. The van der Waals surface area contributed by atoms with Crippen molar-refractivity contribution in [2.24, 2.45) is 12.8 Å². The van der Waals surface area contributed by atoms with Crippen molar-refractivity contribution < 1.29 is 9.59 Å². The maximum atomic E-state index is 12.7. The number of piperidine rings is 1. The quantitative estimate of drug-likeness (QED) is 0.770. The van der Waals surface area contributed by atoms with E-state index in [1.165, 1.54) is 0 Å². The number of nitrogens with two attached hydrogens (primary N) is 1. The normalized spacial score (nSPS) is 18.8. The predicted molar refractivity (Wildman–Crippen MR) is 74.1 cm³/mol. The Kier molecular flexibility index (Phi) is 4.39. The highest BCUT2D eigenvalue weighted by molar-refractivity contribution is 5.97. The van der Waals surface area contributed by atoms with E-state index >= 15 is 0 Å². The minimum absolute atomic E-state index is 0.00311. The summed E-state index contributed by atoms with van der Waals surface area (Å²) in [6.07, 6.45) is 3.41. The Morgan fingerprint density at radius 2 is 2.35 bits per heavy atom. The molecule has 1 unspecified atom stereocenters.